The van der Waals surface area contributed by atoms with Crippen LogP contribution in [0.1, 0.15) is 24.6 Å². The van der Waals surface area contributed by atoms with Crippen molar-refractivity contribution >= 4 is 10.2 Å². The van der Waals surface area contributed by atoms with Gasteiger partial charge in [-0.15, -0.1) is 0 Å². The van der Waals surface area contributed by atoms with E-state index in [1.807, 2.05) is 27.2 Å². The molecule has 0 fully saturated rings. The molecule has 1 heterocycles. The third-order valence-corrected chi connectivity index (χ3v) is 4.59. The molecule has 20 heavy (non-hydrogen) atoms. The number of nitrogens with zero attached hydrogens (tertiary/aromatic N) is 3. The van der Waals surface area contributed by atoms with Crippen molar-refractivity contribution < 1.29 is 8.42 Å². The van der Waals surface area contributed by atoms with Crippen LogP contribution in [0.2, 0.25) is 0 Å². The lowest BCUT2D eigenvalue weighted by molar-refractivity contribution is 0.447. The second-order valence-electron chi connectivity index (χ2n) is 4.73. The SMILES string of the molecule is CCc1nn(C)cc1CNS(=O)(=O)N(C)CCCNC. The molecule has 0 aliphatic rings. The topological polar surface area (TPSA) is 79.3 Å². The lowest BCUT2D eigenvalue weighted by atomic mass is 10.2. The van der Waals surface area contributed by atoms with Gasteiger partial charge in [0.25, 0.3) is 10.2 Å². The Hall–Kier alpha value is -0.960. The van der Waals surface area contributed by atoms with Gasteiger partial charge in [0.15, 0.2) is 0 Å². The molecule has 1 aromatic heterocycles. The minimum absolute atomic E-state index is 0.274. The molecule has 0 bridgehead atoms. The fraction of sp³-hybridized carbons (Fsp3) is 0.750. The molecule has 1 aromatic rings. The Kier molecular flexibility index (Phi) is 6.60. The Morgan fingerprint density at radius 2 is 2.15 bits per heavy atom. The number of nitrogens with one attached hydrogen (secondary N) is 2. The van der Waals surface area contributed by atoms with Crippen LogP contribution in [0, 0.1) is 0 Å². The molecule has 0 atom stereocenters. The van der Waals surface area contributed by atoms with Crippen molar-refractivity contribution in [3.05, 3.63) is 17.5 Å². The van der Waals surface area contributed by atoms with Gasteiger partial charge in [-0.2, -0.15) is 22.5 Å². The normalized spacial score (nSPS) is 12.2. The van der Waals surface area contributed by atoms with E-state index in [0.29, 0.717) is 6.54 Å². The summed E-state index contributed by atoms with van der Waals surface area (Å²) in [7, 11) is 1.83. The number of hydrogen-bond acceptors (Lipinski definition) is 4. The van der Waals surface area contributed by atoms with Crippen LogP contribution in [0.15, 0.2) is 6.20 Å². The van der Waals surface area contributed by atoms with E-state index in [0.717, 1.165) is 30.6 Å². The van der Waals surface area contributed by atoms with Crippen LogP contribution in [0.3, 0.4) is 0 Å². The van der Waals surface area contributed by atoms with Gasteiger partial charge in [0, 0.05) is 38.9 Å². The zero-order chi connectivity index (χ0) is 15.2. The van der Waals surface area contributed by atoms with Gasteiger partial charge in [-0.25, -0.2) is 0 Å². The molecule has 0 aliphatic carbocycles. The predicted molar refractivity (Wildman–Crippen MR) is 79.5 cm³/mol. The molecule has 0 unspecified atom stereocenters. The van der Waals surface area contributed by atoms with Gasteiger partial charge in [-0.3, -0.25) is 4.68 Å². The average molecular weight is 303 g/mol. The van der Waals surface area contributed by atoms with E-state index >= 15 is 0 Å². The van der Waals surface area contributed by atoms with Crippen LogP contribution in [0.4, 0.5) is 0 Å². The maximum atomic E-state index is 12.1. The van der Waals surface area contributed by atoms with Crippen LogP contribution >= 0.6 is 0 Å². The summed E-state index contributed by atoms with van der Waals surface area (Å²) in [5, 5.41) is 7.29. The number of aryl methyl sites for hydroxylation is 2. The molecule has 0 saturated carbocycles. The Labute approximate surface area is 121 Å². The van der Waals surface area contributed by atoms with Gasteiger partial charge in [-0.05, 0) is 26.4 Å². The Bertz CT molecular complexity index is 512. The average Bonchev–Trinajstić information content (AvgIpc) is 2.77. The standard InChI is InChI=1S/C12H25N5O2S/c1-5-12-11(10-16(3)15-12)9-14-20(18,19)17(4)8-6-7-13-2/h10,13-14H,5-9H2,1-4H3. The summed E-state index contributed by atoms with van der Waals surface area (Å²) in [6.07, 6.45) is 3.42. The van der Waals surface area contributed by atoms with Gasteiger partial charge in [0.1, 0.15) is 0 Å². The van der Waals surface area contributed by atoms with E-state index < -0.39 is 10.2 Å². The van der Waals surface area contributed by atoms with Gasteiger partial charge < -0.3 is 5.32 Å². The fourth-order valence-corrected chi connectivity index (χ4v) is 2.83. The van der Waals surface area contributed by atoms with Crippen molar-refractivity contribution in [1.82, 2.24) is 24.1 Å². The highest BCUT2D eigenvalue weighted by molar-refractivity contribution is 7.87. The van der Waals surface area contributed by atoms with Gasteiger partial charge in [0.05, 0.1) is 5.69 Å². The number of hydrogen-bond donors (Lipinski definition) is 2. The van der Waals surface area contributed by atoms with Crippen LogP contribution in [0.25, 0.3) is 0 Å². The zero-order valence-electron chi connectivity index (χ0n) is 12.7. The summed E-state index contributed by atoms with van der Waals surface area (Å²) < 4.78 is 29.8. The molecule has 0 spiro atoms. The van der Waals surface area contributed by atoms with Crippen molar-refractivity contribution in [3.8, 4) is 0 Å². The highest BCUT2D eigenvalue weighted by Gasteiger charge is 2.17. The third kappa shape index (κ3) is 4.86. The van der Waals surface area contributed by atoms with Crippen LogP contribution in [0.5, 0.6) is 0 Å². The fourth-order valence-electron chi connectivity index (χ4n) is 1.91. The minimum atomic E-state index is -3.44. The van der Waals surface area contributed by atoms with E-state index in [4.69, 9.17) is 0 Å². The summed E-state index contributed by atoms with van der Waals surface area (Å²) in [6, 6.07) is 0. The number of rotatable bonds is 9. The Morgan fingerprint density at radius 1 is 1.45 bits per heavy atom. The zero-order valence-corrected chi connectivity index (χ0v) is 13.5. The first-order valence-corrected chi connectivity index (χ1v) is 8.21. The molecular formula is C12H25N5O2S. The Balaban J connectivity index is 2.58. The molecule has 0 amide bonds. The van der Waals surface area contributed by atoms with E-state index in [9.17, 15) is 8.42 Å². The van der Waals surface area contributed by atoms with Gasteiger partial charge in [-0.1, -0.05) is 6.92 Å². The number of aromatic nitrogens is 2. The first-order chi connectivity index (χ1) is 9.40. The third-order valence-electron chi connectivity index (χ3n) is 3.08. The highest BCUT2D eigenvalue weighted by Crippen LogP contribution is 2.08. The molecule has 116 valence electrons. The van der Waals surface area contributed by atoms with E-state index in [1.165, 1.54) is 4.31 Å². The predicted octanol–water partition coefficient (Wildman–Crippen LogP) is -0.142. The van der Waals surface area contributed by atoms with Crippen molar-refractivity contribution in [1.29, 1.82) is 0 Å². The first-order valence-electron chi connectivity index (χ1n) is 6.77. The van der Waals surface area contributed by atoms with E-state index in [-0.39, 0.29) is 6.54 Å². The van der Waals surface area contributed by atoms with E-state index in [1.54, 1.807) is 11.7 Å². The molecule has 7 nitrogen and oxygen atoms in total. The van der Waals surface area contributed by atoms with Crippen molar-refractivity contribution in [2.24, 2.45) is 7.05 Å². The largest absolute Gasteiger partial charge is 0.320 e. The second-order valence-corrected chi connectivity index (χ2v) is 6.60. The lowest BCUT2D eigenvalue weighted by Gasteiger charge is -2.17. The smallest absolute Gasteiger partial charge is 0.279 e. The van der Waals surface area contributed by atoms with E-state index in [2.05, 4.69) is 15.1 Å². The van der Waals surface area contributed by atoms with Gasteiger partial charge >= 0.3 is 0 Å². The Morgan fingerprint density at radius 3 is 2.75 bits per heavy atom. The van der Waals surface area contributed by atoms with Crippen LogP contribution < -0.4 is 10.0 Å². The highest BCUT2D eigenvalue weighted by atomic mass is 32.2. The first kappa shape index (κ1) is 17.1. The van der Waals surface area contributed by atoms with Gasteiger partial charge in [0.2, 0.25) is 0 Å². The summed E-state index contributed by atoms with van der Waals surface area (Å²) in [5.41, 5.74) is 1.84. The summed E-state index contributed by atoms with van der Waals surface area (Å²) >= 11 is 0. The lowest BCUT2D eigenvalue weighted by Crippen LogP contribution is -2.39. The summed E-state index contributed by atoms with van der Waals surface area (Å²) in [4.78, 5) is 0. The summed E-state index contributed by atoms with van der Waals surface area (Å²) in [6.45, 7) is 3.56. The molecule has 0 aliphatic heterocycles. The molecule has 0 radical (unpaired) electrons. The quantitative estimate of drug-likeness (QED) is 0.622. The maximum Gasteiger partial charge on any atom is 0.279 e. The molecule has 1 rings (SSSR count). The monoisotopic (exact) mass is 303 g/mol. The molecule has 0 aromatic carbocycles. The maximum absolute atomic E-state index is 12.1. The second kappa shape index (κ2) is 7.72. The molecule has 2 N–H and O–H groups in total. The van der Waals surface area contributed by atoms with Crippen LogP contribution in [-0.2, 0) is 30.2 Å². The van der Waals surface area contributed by atoms with Crippen molar-refractivity contribution in [2.45, 2.75) is 26.3 Å². The minimum Gasteiger partial charge on any atom is -0.320 e. The molecule has 0 saturated heterocycles. The van der Waals surface area contributed by atoms with Crippen molar-refractivity contribution in [3.63, 3.8) is 0 Å². The molecule has 8 heteroatoms. The van der Waals surface area contributed by atoms with Crippen LogP contribution in [-0.4, -0.2) is 49.7 Å². The van der Waals surface area contributed by atoms with Crippen molar-refractivity contribution in [2.75, 3.05) is 27.2 Å². The summed E-state index contributed by atoms with van der Waals surface area (Å²) in [5.74, 6) is 0. The molecular weight excluding hydrogens is 278 g/mol.